The largest absolute Gasteiger partial charge is 0.467 e. The number of nitrogens with zero attached hydrogens (tertiary/aromatic N) is 1. The number of ether oxygens (including phenoxy) is 2. The SMILES string of the molecule is COC(=O)[C@@H](NC(=O)[C@H](NC(=O)OCc1ccccc1)C(C)C)[C@@H](C)CC#N. The number of esters is 1. The number of carbonyl (C=O) groups is 3. The van der Waals surface area contributed by atoms with E-state index >= 15 is 0 Å². The van der Waals surface area contributed by atoms with Crippen molar-refractivity contribution in [3.63, 3.8) is 0 Å². The van der Waals surface area contributed by atoms with Crippen LogP contribution in [0.15, 0.2) is 30.3 Å². The fourth-order valence-electron chi connectivity index (χ4n) is 2.49. The molecule has 3 atom stereocenters. The summed E-state index contributed by atoms with van der Waals surface area (Å²) in [4.78, 5) is 36.7. The van der Waals surface area contributed by atoms with E-state index in [2.05, 4.69) is 10.6 Å². The number of methoxy groups -OCH3 is 1. The fraction of sp³-hybridized carbons (Fsp3) is 0.500. The van der Waals surface area contributed by atoms with Crippen LogP contribution in [0.4, 0.5) is 4.79 Å². The lowest BCUT2D eigenvalue weighted by Gasteiger charge is -2.26. The Kier molecular flexibility index (Phi) is 9.51. The second-order valence-electron chi connectivity index (χ2n) is 6.78. The monoisotopic (exact) mass is 389 g/mol. The number of alkyl carbamates (subject to hydrolysis) is 1. The van der Waals surface area contributed by atoms with Crippen molar-refractivity contribution >= 4 is 18.0 Å². The summed E-state index contributed by atoms with van der Waals surface area (Å²) in [5.74, 6) is -1.90. The second-order valence-corrected chi connectivity index (χ2v) is 6.78. The Bertz CT molecular complexity index is 700. The summed E-state index contributed by atoms with van der Waals surface area (Å²) in [7, 11) is 1.21. The zero-order valence-electron chi connectivity index (χ0n) is 16.6. The maximum Gasteiger partial charge on any atom is 0.408 e. The maximum atomic E-state index is 12.7. The average Bonchev–Trinajstić information content (AvgIpc) is 2.68. The number of rotatable bonds is 9. The first-order valence-electron chi connectivity index (χ1n) is 9.02. The molecule has 2 amide bonds. The highest BCUT2D eigenvalue weighted by Gasteiger charge is 2.32. The van der Waals surface area contributed by atoms with E-state index in [0.717, 1.165) is 5.56 Å². The van der Waals surface area contributed by atoms with E-state index in [1.807, 2.05) is 36.4 Å². The van der Waals surface area contributed by atoms with E-state index in [9.17, 15) is 14.4 Å². The summed E-state index contributed by atoms with van der Waals surface area (Å²) in [5.41, 5.74) is 0.819. The van der Waals surface area contributed by atoms with Gasteiger partial charge in [-0.2, -0.15) is 5.26 Å². The molecule has 28 heavy (non-hydrogen) atoms. The number of carbonyl (C=O) groups excluding carboxylic acids is 3. The van der Waals surface area contributed by atoms with E-state index in [-0.39, 0.29) is 18.9 Å². The van der Waals surface area contributed by atoms with Crippen LogP contribution < -0.4 is 10.6 Å². The molecule has 0 spiro atoms. The molecule has 8 nitrogen and oxygen atoms in total. The molecule has 2 N–H and O–H groups in total. The van der Waals surface area contributed by atoms with E-state index in [1.54, 1.807) is 20.8 Å². The van der Waals surface area contributed by atoms with Crippen LogP contribution in [0.25, 0.3) is 0 Å². The molecule has 0 aliphatic heterocycles. The van der Waals surface area contributed by atoms with Gasteiger partial charge in [0.2, 0.25) is 5.91 Å². The maximum absolute atomic E-state index is 12.7. The van der Waals surface area contributed by atoms with Crippen molar-refractivity contribution in [3.8, 4) is 6.07 Å². The molecule has 0 aliphatic rings. The minimum Gasteiger partial charge on any atom is -0.467 e. The molecule has 0 fully saturated rings. The van der Waals surface area contributed by atoms with Crippen molar-refractivity contribution in [3.05, 3.63) is 35.9 Å². The normalized spacial score (nSPS) is 13.6. The lowest BCUT2D eigenvalue weighted by molar-refractivity contribution is -0.146. The summed E-state index contributed by atoms with van der Waals surface area (Å²) in [6, 6.07) is 9.22. The van der Waals surface area contributed by atoms with Gasteiger partial charge in [-0.25, -0.2) is 9.59 Å². The Morgan fingerprint density at radius 2 is 1.71 bits per heavy atom. The van der Waals surface area contributed by atoms with Gasteiger partial charge >= 0.3 is 12.1 Å². The first-order chi connectivity index (χ1) is 13.3. The molecule has 0 aromatic heterocycles. The predicted octanol–water partition coefficient (Wildman–Crippen LogP) is 2.14. The first-order valence-corrected chi connectivity index (χ1v) is 9.02. The van der Waals surface area contributed by atoms with Crippen LogP contribution in [0, 0.1) is 23.2 Å². The van der Waals surface area contributed by atoms with Gasteiger partial charge in [0.1, 0.15) is 18.7 Å². The Hall–Kier alpha value is -3.08. The highest BCUT2D eigenvalue weighted by atomic mass is 16.5. The van der Waals surface area contributed by atoms with Crippen molar-refractivity contribution in [1.82, 2.24) is 10.6 Å². The molecule has 1 rings (SSSR count). The number of benzene rings is 1. The quantitative estimate of drug-likeness (QED) is 0.625. The Labute approximate surface area is 165 Å². The summed E-state index contributed by atoms with van der Waals surface area (Å²) in [6.07, 6.45) is -0.670. The number of amides is 2. The fourth-order valence-corrected chi connectivity index (χ4v) is 2.49. The van der Waals surface area contributed by atoms with Gasteiger partial charge in [0.15, 0.2) is 0 Å². The van der Waals surface area contributed by atoms with Crippen LogP contribution >= 0.6 is 0 Å². The van der Waals surface area contributed by atoms with Crippen LogP contribution in [-0.2, 0) is 25.7 Å². The molecular formula is C20H27N3O5. The molecular weight excluding hydrogens is 362 g/mol. The third kappa shape index (κ3) is 7.27. The molecule has 0 radical (unpaired) electrons. The molecule has 0 saturated heterocycles. The van der Waals surface area contributed by atoms with Gasteiger partial charge in [-0.05, 0) is 11.5 Å². The minimum atomic E-state index is -0.986. The summed E-state index contributed by atoms with van der Waals surface area (Å²) in [5, 5.41) is 14.0. The molecule has 152 valence electrons. The Balaban J connectivity index is 2.74. The molecule has 0 saturated carbocycles. The van der Waals surface area contributed by atoms with E-state index in [4.69, 9.17) is 14.7 Å². The summed E-state index contributed by atoms with van der Waals surface area (Å²) < 4.78 is 9.87. The topological polar surface area (TPSA) is 118 Å². The summed E-state index contributed by atoms with van der Waals surface area (Å²) in [6.45, 7) is 5.25. The van der Waals surface area contributed by atoms with E-state index in [1.165, 1.54) is 7.11 Å². The van der Waals surface area contributed by atoms with Crippen LogP contribution in [-0.4, -0.2) is 37.2 Å². The summed E-state index contributed by atoms with van der Waals surface area (Å²) >= 11 is 0. The number of hydrogen-bond acceptors (Lipinski definition) is 6. The van der Waals surface area contributed by atoms with Crippen molar-refractivity contribution in [1.29, 1.82) is 5.26 Å². The van der Waals surface area contributed by atoms with Crippen molar-refractivity contribution < 1.29 is 23.9 Å². The molecule has 0 bridgehead atoms. The highest BCUT2D eigenvalue weighted by molar-refractivity contribution is 5.90. The first kappa shape index (κ1) is 23.0. The Morgan fingerprint density at radius 1 is 1.07 bits per heavy atom. The number of hydrogen-bond donors (Lipinski definition) is 2. The number of nitrogens with one attached hydrogen (secondary N) is 2. The molecule has 0 heterocycles. The standard InChI is InChI=1S/C20H27N3O5/c1-13(2)16(23-20(26)28-12-15-8-6-5-7-9-15)18(24)22-17(19(25)27-4)14(3)10-11-21/h5-9,13-14,16-17H,10,12H2,1-4H3,(H,22,24)(H,23,26)/t14-,16+,17-/m0/s1. The van der Waals surface area contributed by atoms with Gasteiger partial charge in [0.25, 0.3) is 0 Å². The third-order valence-corrected chi connectivity index (χ3v) is 4.17. The van der Waals surface area contributed by atoms with Gasteiger partial charge in [0, 0.05) is 12.3 Å². The lowest BCUT2D eigenvalue weighted by Crippen LogP contribution is -2.55. The van der Waals surface area contributed by atoms with E-state index < -0.39 is 36.0 Å². The average molecular weight is 389 g/mol. The molecule has 8 heteroatoms. The van der Waals surface area contributed by atoms with Crippen LogP contribution in [0.2, 0.25) is 0 Å². The highest BCUT2D eigenvalue weighted by Crippen LogP contribution is 2.11. The van der Waals surface area contributed by atoms with Gasteiger partial charge in [-0.15, -0.1) is 0 Å². The van der Waals surface area contributed by atoms with Gasteiger partial charge in [0.05, 0.1) is 13.2 Å². The zero-order chi connectivity index (χ0) is 21.1. The van der Waals surface area contributed by atoms with Gasteiger partial charge in [-0.1, -0.05) is 51.1 Å². The van der Waals surface area contributed by atoms with Gasteiger partial charge in [-0.3, -0.25) is 4.79 Å². The molecule has 1 aromatic rings. The second kappa shape index (κ2) is 11.6. The zero-order valence-corrected chi connectivity index (χ0v) is 16.6. The minimum absolute atomic E-state index is 0.0684. The van der Waals surface area contributed by atoms with Crippen LogP contribution in [0.3, 0.4) is 0 Å². The third-order valence-electron chi connectivity index (χ3n) is 4.17. The smallest absolute Gasteiger partial charge is 0.408 e. The molecule has 0 aliphatic carbocycles. The van der Waals surface area contributed by atoms with E-state index in [0.29, 0.717) is 0 Å². The molecule has 0 unspecified atom stereocenters. The number of nitriles is 1. The lowest BCUT2D eigenvalue weighted by atomic mass is 9.97. The van der Waals surface area contributed by atoms with Crippen molar-refractivity contribution in [2.24, 2.45) is 11.8 Å². The van der Waals surface area contributed by atoms with Crippen molar-refractivity contribution in [2.75, 3.05) is 7.11 Å². The van der Waals surface area contributed by atoms with Crippen LogP contribution in [0.5, 0.6) is 0 Å². The molecule has 1 aromatic carbocycles. The predicted molar refractivity (Wildman–Crippen MR) is 102 cm³/mol. The Morgan fingerprint density at radius 3 is 2.25 bits per heavy atom. The van der Waals surface area contributed by atoms with Crippen molar-refractivity contribution in [2.45, 2.75) is 45.9 Å². The van der Waals surface area contributed by atoms with Crippen LogP contribution in [0.1, 0.15) is 32.8 Å². The van der Waals surface area contributed by atoms with Gasteiger partial charge < -0.3 is 20.1 Å².